The number of halogens is 3. The van der Waals surface area contributed by atoms with Crippen LogP contribution in [-0.2, 0) is 0 Å². The molecule has 21 heavy (non-hydrogen) atoms. The molecule has 7 heteroatoms. The van der Waals surface area contributed by atoms with Crippen molar-refractivity contribution in [3.05, 3.63) is 52.3 Å². The van der Waals surface area contributed by atoms with Gasteiger partial charge in [-0.25, -0.2) is 4.98 Å². The fourth-order valence-corrected chi connectivity index (χ4v) is 1.83. The van der Waals surface area contributed by atoms with Gasteiger partial charge in [0.2, 0.25) is 0 Å². The quantitative estimate of drug-likeness (QED) is 0.842. The molecule has 1 aromatic heterocycles. The molecule has 0 spiro atoms. The van der Waals surface area contributed by atoms with Crippen molar-refractivity contribution in [1.82, 2.24) is 4.98 Å². The first-order chi connectivity index (χ1) is 9.95. The van der Waals surface area contributed by atoms with Crippen molar-refractivity contribution < 1.29 is 18.3 Å². The highest BCUT2D eigenvalue weighted by Crippen LogP contribution is 2.19. The van der Waals surface area contributed by atoms with Crippen LogP contribution in [0.15, 0.2) is 41.1 Å². The maximum Gasteiger partial charge on any atom is 0.387 e. The summed E-state index contributed by atoms with van der Waals surface area (Å²) in [6, 6.07) is 7.21. The Hall–Kier alpha value is -2.02. The van der Waals surface area contributed by atoms with Crippen LogP contribution in [0.3, 0.4) is 0 Å². The second kappa shape index (κ2) is 6.62. The average Bonchev–Trinajstić information content (AvgIpc) is 2.43. The Kier molecular flexibility index (Phi) is 4.85. The van der Waals surface area contributed by atoms with Crippen molar-refractivity contribution in [3.8, 4) is 5.75 Å². The molecule has 1 N–H and O–H groups in total. The van der Waals surface area contributed by atoms with Crippen LogP contribution in [0.1, 0.15) is 15.9 Å². The Morgan fingerprint density at radius 2 is 2.00 bits per heavy atom. The highest BCUT2D eigenvalue weighted by molar-refractivity contribution is 9.10. The Bertz CT molecular complexity index is 648. The van der Waals surface area contributed by atoms with Crippen LogP contribution >= 0.6 is 15.9 Å². The summed E-state index contributed by atoms with van der Waals surface area (Å²) in [5.41, 5.74) is 1.76. The molecule has 0 aliphatic heterocycles. The van der Waals surface area contributed by atoms with Gasteiger partial charge in [-0.05, 0) is 58.7 Å². The van der Waals surface area contributed by atoms with Crippen molar-refractivity contribution in [3.63, 3.8) is 0 Å². The summed E-state index contributed by atoms with van der Waals surface area (Å²) in [4.78, 5) is 16.1. The van der Waals surface area contributed by atoms with Gasteiger partial charge < -0.3 is 10.1 Å². The summed E-state index contributed by atoms with van der Waals surface area (Å²) in [5, 5.41) is 2.68. The molecule has 2 aromatic rings. The number of pyridine rings is 1. The Morgan fingerprint density at radius 1 is 1.33 bits per heavy atom. The number of ether oxygens (including phenoxy) is 1. The van der Waals surface area contributed by atoms with E-state index in [0.717, 1.165) is 5.56 Å². The van der Waals surface area contributed by atoms with E-state index >= 15 is 0 Å². The molecule has 0 saturated heterocycles. The number of aromatic nitrogens is 1. The molecule has 0 unspecified atom stereocenters. The van der Waals surface area contributed by atoms with Gasteiger partial charge in [0.15, 0.2) is 0 Å². The van der Waals surface area contributed by atoms with Gasteiger partial charge in [-0.3, -0.25) is 4.79 Å². The van der Waals surface area contributed by atoms with Gasteiger partial charge in [0.1, 0.15) is 10.4 Å². The number of carbonyl (C=O) groups excluding carboxylic acids is 1. The van der Waals surface area contributed by atoms with Crippen LogP contribution in [0, 0.1) is 6.92 Å². The zero-order valence-electron chi connectivity index (χ0n) is 10.9. The maximum absolute atomic E-state index is 12.0. The number of anilines is 1. The summed E-state index contributed by atoms with van der Waals surface area (Å²) in [6.45, 7) is -1.04. The molecule has 0 radical (unpaired) electrons. The van der Waals surface area contributed by atoms with Gasteiger partial charge in [-0.1, -0.05) is 0 Å². The zero-order valence-corrected chi connectivity index (χ0v) is 12.5. The standard InChI is InChI=1S/C14H11BrF2N2O2/c1-8-6-10(7-18-12(8)15)19-13(20)9-2-4-11(5-3-9)21-14(16)17/h2-7,14H,1H3,(H,19,20). The maximum atomic E-state index is 12.0. The molecule has 0 aliphatic carbocycles. The lowest BCUT2D eigenvalue weighted by Crippen LogP contribution is -2.12. The summed E-state index contributed by atoms with van der Waals surface area (Å²) >= 11 is 3.27. The van der Waals surface area contributed by atoms with E-state index in [0.29, 0.717) is 15.9 Å². The molecule has 1 aromatic carbocycles. The minimum Gasteiger partial charge on any atom is -0.435 e. The fraction of sp³-hybridized carbons (Fsp3) is 0.143. The van der Waals surface area contributed by atoms with Crippen molar-refractivity contribution in [2.45, 2.75) is 13.5 Å². The lowest BCUT2D eigenvalue weighted by molar-refractivity contribution is -0.0498. The first-order valence-corrected chi connectivity index (χ1v) is 6.73. The SMILES string of the molecule is Cc1cc(NC(=O)c2ccc(OC(F)F)cc2)cnc1Br. The minimum atomic E-state index is -2.89. The van der Waals surface area contributed by atoms with Gasteiger partial charge in [-0.15, -0.1) is 0 Å². The van der Waals surface area contributed by atoms with Crippen molar-refractivity contribution in [1.29, 1.82) is 0 Å². The van der Waals surface area contributed by atoms with Crippen LogP contribution < -0.4 is 10.1 Å². The van der Waals surface area contributed by atoms with Crippen LogP contribution in [0.5, 0.6) is 5.75 Å². The topological polar surface area (TPSA) is 51.2 Å². The number of nitrogens with zero attached hydrogens (tertiary/aromatic N) is 1. The van der Waals surface area contributed by atoms with Crippen LogP contribution in [-0.4, -0.2) is 17.5 Å². The van der Waals surface area contributed by atoms with E-state index in [1.54, 1.807) is 6.07 Å². The van der Waals surface area contributed by atoms with Gasteiger partial charge >= 0.3 is 6.61 Å². The molecule has 0 fully saturated rings. The molecule has 1 heterocycles. The van der Waals surface area contributed by atoms with E-state index in [9.17, 15) is 13.6 Å². The summed E-state index contributed by atoms with van der Waals surface area (Å²) in [6.07, 6.45) is 1.52. The Labute approximate surface area is 128 Å². The highest BCUT2D eigenvalue weighted by atomic mass is 79.9. The molecule has 4 nitrogen and oxygen atoms in total. The number of rotatable bonds is 4. The number of nitrogens with one attached hydrogen (secondary N) is 1. The molecule has 0 atom stereocenters. The Morgan fingerprint density at radius 3 is 2.57 bits per heavy atom. The molecule has 0 bridgehead atoms. The van der Waals surface area contributed by atoms with Crippen LogP contribution in [0.25, 0.3) is 0 Å². The predicted molar refractivity (Wildman–Crippen MR) is 77.7 cm³/mol. The van der Waals surface area contributed by atoms with Crippen LogP contribution in [0.2, 0.25) is 0 Å². The van der Waals surface area contributed by atoms with Crippen LogP contribution in [0.4, 0.5) is 14.5 Å². The summed E-state index contributed by atoms with van der Waals surface area (Å²) < 4.78 is 29.0. The molecule has 1 amide bonds. The number of hydrogen-bond acceptors (Lipinski definition) is 3. The summed E-state index contributed by atoms with van der Waals surface area (Å²) in [5.74, 6) is -0.357. The molecule has 110 valence electrons. The van der Waals surface area contributed by atoms with Crippen molar-refractivity contribution >= 4 is 27.5 Å². The number of amides is 1. The van der Waals surface area contributed by atoms with Gasteiger partial charge in [0, 0.05) is 5.56 Å². The lowest BCUT2D eigenvalue weighted by Gasteiger charge is -2.08. The number of alkyl halides is 2. The van der Waals surface area contributed by atoms with Gasteiger partial charge in [-0.2, -0.15) is 8.78 Å². The second-order valence-corrected chi connectivity index (χ2v) is 4.94. The van der Waals surface area contributed by atoms with E-state index < -0.39 is 6.61 Å². The predicted octanol–water partition coefficient (Wildman–Crippen LogP) is 4.01. The number of aryl methyl sites for hydroxylation is 1. The van der Waals surface area contributed by atoms with E-state index in [1.807, 2.05) is 6.92 Å². The van der Waals surface area contributed by atoms with E-state index in [2.05, 4.69) is 31.0 Å². The highest BCUT2D eigenvalue weighted by Gasteiger charge is 2.09. The average molecular weight is 357 g/mol. The molecule has 0 saturated carbocycles. The fourth-order valence-electron chi connectivity index (χ4n) is 1.62. The first kappa shape index (κ1) is 15.4. The van der Waals surface area contributed by atoms with E-state index in [1.165, 1.54) is 30.5 Å². The monoisotopic (exact) mass is 356 g/mol. The number of hydrogen-bond donors (Lipinski definition) is 1. The molecule has 2 rings (SSSR count). The third-order valence-corrected chi connectivity index (χ3v) is 3.44. The van der Waals surface area contributed by atoms with Crippen molar-refractivity contribution in [2.24, 2.45) is 0 Å². The number of benzene rings is 1. The van der Waals surface area contributed by atoms with E-state index in [4.69, 9.17) is 0 Å². The summed E-state index contributed by atoms with van der Waals surface area (Å²) in [7, 11) is 0. The number of carbonyl (C=O) groups is 1. The lowest BCUT2D eigenvalue weighted by atomic mass is 10.2. The molecular formula is C14H11BrF2N2O2. The normalized spacial score (nSPS) is 10.5. The first-order valence-electron chi connectivity index (χ1n) is 5.94. The Balaban J connectivity index is 2.07. The van der Waals surface area contributed by atoms with Gasteiger partial charge in [0.25, 0.3) is 5.91 Å². The second-order valence-electron chi connectivity index (χ2n) is 4.19. The zero-order chi connectivity index (χ0) is 15.4. The molecular weight excluding hydrogens is 346 g/mol. The smallest absolute Gasteiger partial charge is 0.387 e. The van der Waals surface area contributed by atoms with Crippen molar-refractivity contribution in [2.75, 3.05) is 5.32 Å². The largest absolute Gasteiger partial charge is 0.435 e. The van der Waals surface area contributed by atoms with E-state index in [-0.39, 0.29) is 11.7 Å². The van der Waals surface area contributed by atoms with Gasteiger partial charge in [0.05, 0.1) is 11.9 Å². The third-order valence-electron chi connectivity index (χ3n) is 2.61. The minimum absolute atomic E-state index is 0.00250. The third kappa shape index (κ3) is 4.22. The molecule has 0 aliphatic rings.